The van der Waals surface area contributed by atoms with Crippen molar-refractivity contribution in [2.24, 2.45) is 0 Å². The third-order valence-electron chi connectivity index (χ3n) is 2.93. The number of aliphatic hydroxyl groups is 1. The zero-order valence-corrected chi connectivity index (χ0v) is 10.7. The fourth-order valence-corrected chi connectivity index (χ4v) is 2.07. The Balaban J connectivity index is 2.09. The molecule has 0 spiro atoms. The second kappa shape index (κ2) is 6.54. The number of benzene rings is 1. The van der Waals surface area contributed by atoms with Crippen LogP contribution in [-0.2, 0) is 17.8 Å². The maximum Gasteiger partial charge on any atom is 0.0698 e. The second-order valence-corrected chi connectivity index (χ2v) is 4.27. The molecule has 2 N–H and O–H groups in total. The number of nitrogens with zero attached hydrogens (tertiary/aromatic N) is 1. The molecule has 1 aromatic heterocycles. The predicted molar refractivity (Wildman–Crippen MR) is 72.6 cm³/mol. The number of hydrogen-bond donors (Lipinski definition) is 2. The van der Waals surface area contributed by atoms with Gasteiger partial charge >= 0.3 is 0 Å². The Kier molecular flexibility index (Phi) is 4.75. The summed E-state index contributed by atoms with van der Waals surface area (Å²) in [5.74, 6) is 0. The molecule has 2 aromatic rings. The van der Waals surface area contributed by atoms with E-state index in [1.165, 1.54) is 16.5 Å². The number of rotatable bonds is 7. The quantitative estimate of drug-likeness (QED) is 0.728. The molecule has 0 fully saturated rings. The monoisotopic (exact) mass is 248 g/mol. The normalized spacial score (nSPS) is 11.2. The lowest BCUT2D eigenvalue weighted by atomic mass is 10.1. The number of aromatic nitrogens is 1. The number of aliphatic hydroxyl groups excluding tert-OH is 1. The van der Waals surface area contributed by atoms with Gasteiger partial charge < -0.3 is 19.7 Å². The van der Waals surface area contributed by atoms with E-state index < -0.39 is 0 Å². The molecular formula is C14H20N2O2. The van der Waals surface area contributed by atoms with Crippen molar-refractivity contribution in [3.8, 4) is 0 Å². The van der Waals surface area contributed by atoms with Crippen LogP contribution in [0.2, 0.25) is 0 Å². The summed E-state index contributed by atoms with van der Waals surface area (Å²) >= 11 is 0. The first-order chi connectivity index (χ1) is 8.85. The highest BCUT2D eigenvalue weighted by Crippen LogP contribution is 2.17. The smallest absolute Gasteiger partial charge is 0.0698 e. The molecule has 18 heavy (non-hydrogen) atoms. The van der Waals surface area contributed by atoms with Gasteiger partial charge in [0, 0.05) is 24.8 Å². The molecule has 98 valence electrons. The molecule has 0 saturated carbocycles. The van der Waals surface area contributed by atoms with Gasteiger partial charge in [0.25, 0.3) is 0 Å². The van der Waals surface area contributed by atoms with Crippen LogP contribution >= 0.6 is 0 Å². The van der Waals surface area contributed by atoms with Gasteiger partial charge in [-0.1, -0.05) is 12.1 Å². The summed E-state index contributed by atoms with van der Waals surface area (Å²) in [5.41, 5.74) is 2.51. The molecule has 0 saturated heterocycles. The average molecular weight is 248 g/mol. The van der Waals surface area contributed by atoms with Gasteiger partial charge in [-0.25, -0.2) is 0 Å². The van der Waals surface area contributed by atoms with E-state index >= 15 is 0 Å². The molecular weight excluding hydrogens is 228 g/mol. The van der Waals surface area contributed by atoms with Gasteiger partial charge in [0.05, 0.1) is 19.8 Å². The lowest BCUT2D eigenvalue weighted by molar-refractivity contribution is 0.0875. The molecule has 0 aliphatic rings. The van der Waals surface area contributed by atoms with Crippen molar-refractivity contribution in [3.63, 3.8) is 0 Å². The number of nitrogens with one attached hydrogen (secondary N) is 1. The summed E-state index contributed by atoms with van der Waals surface area (Å²) in [7, 11) is 1.95. The van der Waals surface area contributed by atoms with Crippen molar-refractivity contribution in [2.75, 3.05) is 26.9 Å². The highest BCUT2D eigenvalue weighted by molar-refractivity contribution is 5.80. The van der Waals surface area contributed by atoms with Crippen LogP contribution in [-0.4, -0.2) is 36.5 Å². The molecule has 4 nitrogen and oxygen atoms in total. The van der Waals surface area contributed by atoms with Crippen LogP contribution in [0.3, 0.4) is 0 Å². The standard InChI is InChI=1S/C14H20N2O2/c1-15-11-12-2-3-13-4-5-16(14(13)10-12)6-8-18-9-7-17/h2-5,10,15,17H,6-9,11H2,1H3. The van der Waals surface area contributed by atoms with E-state index in [-0.39, 0.29) is 6.61 Å². The van der Waals surface area contributed by atoms with E-state index in [1.807, 2.05) is 7.05 Å². The van der Waals surface area contributed by atoms with E-state index in [0.717, 1.165) is 13.1 Å². The fourth-order valence-electron chi connectivity index (χ4n) is 2.07. The fraction of sp³-hybridized carbons (Fsp3) is 0.429. The average Bonchev–Trinajstić information content (AvgIpc) is 2.78. The minimum atomic E-state index is 0.0821. The zero-order chi connectivity index (χ0) is 12.8. The van der Waals surface area contributed by atoms with Crippen molar-refractivity contribution in [1.82, 2.24) is 9.88 Å². The van der Waals surface area contributed by atoms with Gasteiger partial charge in [0.2, 0.25) is 0 Å². The van der Waals surface area contributed by atoms with Crippen molar-refractivity contribution in [3.05, 3.63) is 36.0 Å². The Hall–Kier alpha value is -1.36. The Morgan fingerprint density at radius 1 is 1.28 bits per heavy atom. The van der Waals surface area contributed by atoms with Gasteiger partial charge in [-0.2, -0.15) is 0 Å². The molecule has 0 unspecified atom stereocenters. The van der Waals surface area contributed by atoms with Gasteiger partial charge in [0.15, 0.2) is 0 Å². The van der Waals surface area contributed by atoms with Crippen molar-refractivity contribution in [2.45, 2.75) is 13.1 Å². The molecule has 2 rings (SSSR count). The second-order valence-electron chi connectivity index (χ2n) is 4.27. The van der Waals surface area contributed by atoms with E-state index in [9.17, 15) is 0 Å². The summed E-state index contributed by atoms with van der Waals surface area (Å²) in [5, 5.41) is 13.1. The van der Waals surface area contributed by atoms with Crippen LogP contribution in [0, 0.1) is 0 Å². The van der Waals surface area contributed by atoms with Gasteiger partial charge in [0.1, 0.15) is 0 Å². The van der Waals surface area contributed by atoms with Gasteiger partial charge in [-0.15, -0.1) is 0 Å². The Morgan fingerprint density at radius 2 is 2.17 bits per heavy atom. The summed E-state index contributed by atoms with van der Waals surface area (Å²) in [6, 6.07) is 8.61. The number of hydrogen-bond acceptors (Lipinski definition) is 3. The minimum Gasteiger partial charge on any atom is -0.394 e. The molecule has 0 aliphatic carbocycles. The topological polar surface area (TPSA) is 46.4 Å². The lowest BCUT2D eigenvalue weighted by Crippen LogP contribution is -2.08. The third kappa shape index (κ3) is 3.10. The third-order valence-corrected chi connectivity index (χ3v) is 2.93. The molecule has 4 heteroatoms. The molecule has 1 aromatic carbocycles. The Bertz CT molecular complexity index is 493. The van der Waals surface area contributed by atoms with E-state index in [4.69, 9.17) is 9.84 Å². The number of fused-ring (bicyclic) bond motifs is 1. The minimum absolute atomic E-state index is 0.0821. The first kappa shape index (κ1) is 13.1. The zero-order valence-electron chi connectivity index (χ0n) is 10.7. The van der Waals surface area contributed by atoms with Crippen LogP contribution in [0.15, 0.2) is 30.5 Å². The SMILES string of the molecule is CNCc1ccc2ccn(CCOCCO)c2c1. The Morgan fingerprint density at radius 3 is 2.94 bits per heavy atom. The maximum absolute atomic E-state index is 8.65. The molecule has 1 heterocycles. The van der Waals surface area contributed by atoms with E-state index in [1.54, 1.807) is 0 Å². The molecule has 0 atom stereocenters. The number of ether oxygens (including phenoxy) is 1. The van der Waals surface area contributed by atoms with Gasteiger partial charge in [-0.3, -0.25) is 0 Å². The first-order valence-corrected chi connectivity index (χ1v) is 6.26. The molecule has 0 bridgehead atoms. The lowest BCUT2D eigenvalue weighted by Gasteiger charge is -2.07. The van der Waals surface area contributed by atoms with Crippen LogP contribution in [0.5, 0.6) is 0 Å². The van der Waals surface area contributed by atoms with E-state index in [2.05, 4.69) is 40.3 Å². The predicted octanol–water partition coefficient (Wildman–Crippen LogP) is 1.37. The maximum atomic E-state index is 8.65. The van der Waals surface area contributed by atoms with Crippen molar-refractivity contribution >= 4 is 10.9 Å². The molecule has 0 aliphatic heterocycles. The van der Waals surface area contributed by atoms with Crippen LogP contribution < -0.4 is 5.32 Å². The molecule has 0 radical (unpaired) electrons. The first-order valence-electron chi connectivity index (χ1n) is 6.26. The summed E-state index contributed by atoms with van der Waals surface area (Å²) in [6.07, 6.45) is 2.08. The molecule has 0 amide bonds. The van der Waals surface area contributed by atoms with Crippen LogP contribution in [0.4, 0.5) is 0 Å². The summed E-state index contributed by atoms with van der Waals surface area (Å²) < 4.78 is 7.49. The Labute approximate surface area is 107 Å². The van der Waals surface area contributed by atoms with Crippen LogP contribution in [0.25, 0.3) is 10.9 Å². The van der Waals surface area contributed by atoms with E-state index in [0.29, 0.717) is 13.2 Å². The van der Waals surface area contributed by atoms with Gasteiger partial charge in [-0.05, 0) is 30.1 Å². The summed E-state index contributed by atoms with van der Waals surface area (Å²) in [4.78, 5) is 0. The highest BCUT2D eigenvalue weighted by atomic mass is 16.5. The summed E-state index contributed by atoms with van der Waals surface area (Å²) in [6.45, 7) is 2.80. The highest BCUT2D eigenvalue weighted by Gasteiger charge is 2.02. The van der Waals surface area contributed by atoms with Crippen LogP contribution in [0.1, 0.15) is 5.56 Å². The van der Waals surface area contributed by atoms with Crippen molar-refractivity contribution < 1.29 is 9.84 Å². The largest absolute Gasteiger partial charge is 0.394 e. The van der Waals surface area contributed by atoms with Crippen molar-refractivity contribution in [1.29, 1.82) is 0 Å².